The molecular weight excluding hydrogens is 387 g/mol. The Bertz CT molecular complexity index is 928. The van der Waals surface area contributed by atoms with Gasteiger partial charge in [-0.3, -0.25) is 4.79 Å². The van der Waals surface area contributed by atoms with Crippen molar-refractivity contribution in [3.05, 3.63) is 54.3 Å². The van der Waals surface area contributed by atoms with Crippen LogP contribution in [0.2, 0.25) is 0 Å². The second kappa shape index (κ2) is 8.68. The topological polar surface area (TPSA) is 84.9 Å². The molecule has 3 rings (SSSR count). The molecule has 1 aliphatic rings. The molecule has 0 aromatic heterocycles. The number of anilines is 1. The predicted octanol–water partition coefficient (Wildman–Crippen LogP) is 2.25. The van der Waals surface area contributed by atoms with Crippen LogP contribution in [0.15, 0.2) is 53.4 Å². The fourth-order valence-corrected chi connectivity index (χ4v) is 4.10. The number of carbonyl (C=O) groups is 1. The highest BCUT2D eigenvalue weighted by molar-refractivity contribution is 7.89. The van der Waals surface area contributed by atoms with Gasteiger partial charge in [-0.2, -0.15) is 4.31 Å². The first-order valence-electron chi connectivity index (χ1n) is 8.77. The number of morpholine rings is 1. The van der Waals surface area contributed by atoms with Gasteiger partial charge in [-0.25, -0.2) is 12.8 Å². The van der Waals surface area contributed by atoms with E-state index in [4.69, 9.17) is 9.47 Å². The summed E-state index contributed by atoms with van der Waals surface area (Å²) >= 11 is 0. The van der Waals surface area contributed by atoms with Gasteiger partial charge in [0, 0.05) is 24.8 Å². The van der Waals surface area contributed by atoms with Crippen LogP contribution in [0.1, 0.15) is 6.92 Å². The SMILES string of the molecule is C[C@@H](Oc1cccc(F)c1)C(=O)Nc1ccc(S(=O)(=O)N2CCOCC2)cc1. The van der Waals surface area contributed by atoms with Crippen molar-refractivity contribution in [1.82, 2.24) is 4.31 Å². The zero-order chi connectivity index (χ0) is 20.1. The molecule has 2 aromatic carbocycles. The van der Waals surface area contributed by atoms with Crippen LogP contribution in [-0.2, 0) is 19.6 Å². The van der Waals surface area contributed by atoms with Gasteiger partial charge in [-0.1, -0.05) is 6.07 Å². The molecule has 1 amide bonds. The second-order valence-electron chi connectivity index (χ2n) is 6.25. The molecule has 0 aliphatic carbocycles. The molecular formula is C19H21FN2O5S. The molecule has 1 aliphatic heterocycles. The van der Waals surface area contributed by atoms with Crippen LogP contribution in [0.25, 0.3) is 0 Å². The average molecular weight is 408 g/mol. The van der Waals surface area contributed by atoms with E-state index < -0.39 is 27.9 Å². The van der Waals surface area contributed by atoms with Crippen LogP contribution < -0.4 is 10.1 Å². The lowest BCUT2D eigenvalue weighted by Crippen LogP contribution is -2.40. The summed E-state index contributed by atoms with van der Waals surface area (Å²) in [5, 5.41) is 2.65. The standard InChI is InChI=1S/C19H21FN2O5S/c1-14(27-17-4-2-3-15(20)13-17)19(23)21-16-5-7-18(8-6-16)28(24,25)22-9-11-26-12-10-22/h2-8,13-14H,9-12H2,1H3,(H,21,23)/t14-/m1/s1. The molecule has 0 unspecified atom stereocenters. The van der Waals surface area contributed by atoms with E-state index in [0.29, 0.717) is 32.0 Å². The van der Waals surface area contributed by atoms with E-state index in [1.54, 1.807) is 6.07 Å². The lowest BCUT2D eigenvalue weighted by molar-refractivity contribution is -0.122. The molecule has 1 heterocycles. The highest BCUT2D eigenvalue weighted by Crippen LogP contribution is 2.20. The van der Waals surface area contributed by atoms with E-state index in [2.05, 4.69) is 5.32 Å². The maximum absolute atomic E-state index is 13.2. The molecule has 0 bridgehead atoms. The summed E-state index contributed by atoms with van der Waals surface area (Å²) in [6.45, 7) is 2.91. The second-order valence-corrected chi connectivity index (χ2v) is 8.19. The smallest absolute Gasteiger partial charge is 0.265 e. The molecule has 0 saturated carbocycles. The first kappa shape index (κ1) is 20.2. The van der Waals surface area contributed by atoms with Gasteiger partial charge in [0.05, 0.1) is 18.1 Å². The van der Waals surface area contributed by atoms with Crippen LogP contribution >= 0.6 is 0 Å². The van der Waals surface area contributed by atoms with Crippen molar-refractivity contribution in [2.45, 2.75) is 17.9 Å². The van der Waals surface area contributed by atoms with Gasteiger partial charge < -0.3 is 14.8 Å². The monoisotopic (exact) mass is 408 g/mol. The Morgan fingerprint density at radius 2 is 1.86 bits per heavy atom. The third kappa shape index (κ3) is 4.86. The first-order chi connectivity index (χ1) is 13.4. The summed E-state index contributed by atoms with van der Waals surface area (Å²) in [5.41, 5.74) is 0.431. The lowest BCUT2D eigenvalue weighted by atomic mass is 10.3. The number of benzene rings is 2. The fourth-order valence-electron chi connectivity index (χ4n) is 2.69. The minimum atomic E-state index is -3.59. The average Bonchev–Trinajstić information content (AvgIpc) is 2.69. The molecule has 1 N–H and O–H groups in total. The van der Waals surface area contributed by atoms with Crippen LogP contribution in [0.3, 0.4) is 0 Å². The van der Waals surface area contributed by atoms with E-state index in [1.165, 1.54) is 53.7 Å². The van der Waals surface area contributed by atoms with Crippen LogP contribution in [0.5, 0.6) is 5.75 Å². The van der Waals surface area contributed by atoms with Crippen molar-refractivity contribution < 1.29 is 27.1 Å². The van der Waals surface area contributed by atoms with Crippen molar-refractivity contribution >= 4 is 21.6 Å². The Hall–Kier alpha value is -2.49. The predicted molar refractivity (Wildman–Crippen MR) is 101 cm³/mol. The number of amides is 1. The number of carbonyl (C=O) groups excluding carboxylic acids is 1. The van der Waals surface area contributed by atoms with E-state index >= 15 is 0 Å². The number of sulfonamides is 1. The zero-order valence-corrected chi connectivity index (χ0v) is 16.1. The number of hydrogen-bond donors (Lipinski definition) is 1. The zero-order valence-electron chi connectivity index (χ0n) is 15.3. The molecule has 28 heavy (non-hydrogen) atoms. The van der Waals surface area contributed by atoms with Gasteiger partial charge in [0.15, 0.2) is 6.10 Å². The molecule has 1 atom stereocenters. The molecule has 1 saturated heterocycles. The maximum Gasteiger partial charge on any atom is 0.265 e. The molecule has 150 valence electrons. The number of rotatable bonds is 6. The summed E-state index contributed by atoms with van der Waals surface area (Å²) in [7, 11) is -3.59. The van der Waals surface area contributed by atoms with E-state index in [0.717, 1.165) is 0 Å². The van der Waals surface area contributed by atoms with E-state index in [9.17, 15) is 17.6 Å². The molecule has 7 nitrogen and oxygen atoms in total. The third-order valence-electron chi connectivity index (χ3n) is 4.21. The maximum atomic E-state index is 13.2. The van der Waals surface area contributed by atoms with Gasteiger partial charge in [0.25, 0.3) is 5.91 Å². The first-order valence-corrected chi connectivity index (χ1v) is 10.2. The van der Waals surface area contributed by atoms with Crippen LogP contribution in [-0.4, -0.2) is 51.0 Å². The Morgan fingerprint density at radius 1 is 1.18 bits per heavy atom. The fraction of sp³-hybridized carbons (Fsp3) is 0.316. The van der Waals surface area contributed by atoms with Gasteiger partial charge >= 0.3 is 0 Å². The minimum absolute atomic E-state index is 0.149. The highest BCUT2D eigenvalue weighted by atomic mass is 32.2. The summed E-state index contributed by atoms with van der Waals surface area (Å²) in [4.78, 5) is 12.4. The van der Waals surface area contributed by atoms with Gasteiger partial charge in [0.1, 0.15) is 11.6 Å². The van der Waals surface area contributed by atoms with Crippen molar-refractivity contribution in [3.63, 3.8) is 0 Å². The number of ether oxygens (including phenoxy) is 2. The van der Waals surface area contributed by atoms with Gasteiger partial charge in [-0.05, 0) is 43.3 Å². The van der Waals surface area contributed by atoms with Crippen LogP contribution in [0, 0.1) is 5.82 Å². The number of hydrogen-bond acceptors (Lipinski definition) is 5. The highest BCUT2D eigenvalue weighted by Gasteiger charge is 2.26. The van der Waals surface area contributed by atoms with Crippen LogP contribution in [0.4, 0.5) is 10.1 Å². The number of halogens is 1. The Morgan fingerprint density at radius 3 is 2.50 bits per heavy atom. The summed E-state index contributed by atoms with van der Waals surface area (Å²) in [6, 6.07) is 11.4. The van der Waals surface area contributed by atoms with Crippen molar-refractivity contribution in [2.75, 3.05) is 31.6 Å². The summed E-state index contributed by atoms with van der Waals surface area (Å²) in [5.74, 6) is -0.648. The number of nitrogens with zero attached hydrogens (tertiary/aromatic N) is 1. The summed E-state index contributed by atoms with van der Waals surface area (Å²) < 4.78 is 50.4. The Labute approximate surface area is 163 Å². The molecule has 9 heteroatoms. The van der Waals surface area contributed by atoms with Gasteiger partial charge in [-0.15, -0.1) is 0 Å². The minimum Gasteiger partial charge on any atom is -0.481 e. The normalized spacial score (nSPS) is 16.4. The Kier molecular flexibility index (Phi) is 6.28. The van der Waals surface area contributed by atoms with Crippen molar-refractivity contribution in [3.8, 4) is 5.75 Å². The Balaban J connectivity index is 1.62. The molecule has 0 spiro atoms. The summed E-state index contributed by atoms with van der Waals surface area (Å²) in [6.07, 6.45) is -0.862. The lowest BCUT2D eigenvalue weighted by Gasteiger charge is -2.26. The van der Waals surface area contributed by atoms with E-state index in [-0.39, 0.29) is 10.6 Å². The third-order valence-corrected chi connectivity index (χ3v) is 6.12. The van der Waals surface area contributed by atoms with Crippen molar-refractivity contribution in [1.29, 1.82) is 0 Å². The van der Waals surface area contributed by atoms with Crippen molar-refractivity contribution in [2.24, 2.45) is 0 Å². The molecule has 0 radical (unpaired) electrons. The quantitative estimate of drug-likeness (QED) is 0.793. The van der Waals surface area contributed by atoms with E-state index in [1.807, 2.05) is 0 Å². The largest absolute Gasteiger partial charge is 0.481 e. The van der Waals surface area contributed by atoms with Gasteiger partial charge in [0.2, 0.25) is 10.0 Å². The molecule has 2 aromatic rings. The molecule has 1 fully saturated rings. The number of nitrogens with one attached hydrogen (secondary N) is 1.